The Labute approximate surface area is 238 Å². The predicted octanol–water partition coefficient (Wildman–Crippen LogP) is 8.98. The van der Waals surface area contributed by atoms with Crippen LogP contribution in [0.2, 0.25) is 0 Å². The number of ether oxygens (including phenoxy) is 1. The number of benzene rings is 3. The molecular weight excluding hydrogens is 637 g/mol. The zero-order chi connectivity index (χ0) is 32.4. The van der Waals surface area contributed by atoms with Crippen LogP contribution in [0.1, 0.15) is 22.7 Å². The van der Waals surface area contributed by atoms with Gasteiger partial charge in [-0.15, -0.1) is 0 Å². The molecule has 17 heteroatoms. The molecule has 0 aliphatic carbocycles. The Bertz CT molecular complexity index is 1390. The van der Waals surface area contributed by atoms with E-state index in [1.165, 1.54) is 30.3 Å². The Kier molecular flexibility index (Phi) is 9.92. The second kappa shape index (κ2) is 12.4. The highest BCUT2D eigenvalue weighted by Gasteiger charge is 2.73. The third-order valence-electron chi connectivity index (χ3n) is 5.69. The molecule has 3 aromatic carbocycles. The average Bonchev–Trinajstić information content (AvgIpc) is 2.87. The number of hydrogen-bond acceptors (Lipinski definition) is 4. The summed E-state index contributed by atoms with van der Waals surface area (Å²) in [6, 6.07) is 10.0. The Morgan fingerprint density at radius 3 is 1.79 bits per heavy atom. The molecule has 3 aromatic rings. The van der Waals surface area contributed by atoms with Gasteiger partial charge in [-0.3, -0.25) is 0 Å². The molecule has 3 rings (SSSR count). The van der Waals surface area contributed by atoms with Crippen molar-refractivity contribution in [1.82, 2.24) is 5.32 Å². The van der Waals surface area contributed by atoms with Gasteiger partial charge in [0.2, 0.25) is 0 Å². The highest BCUT2D eigenvalue weighted by molar-refractivity contribution is 8.00. The minimum absolute atomic E-state index is 0.101. The normalized spacial score (nSPS) is 14.8. The van der Waals surface area contributed by atoms with Gasteiger partial charge in [-0.25, -0.2) is 0 Å². The minimum atomic E-state index is -6.65. The molecule has 2 atom stereocenters. The molecule has 0 aliphatic rings. The van der Waals surface area contributed by atoms with Gasteiger partial charge in [0.05, 0.1) is 6.04 Å². The van der Waals surface area contributed by atoms with Crippen LogP contribution in [0.3, 0.4) is 0 Å². The van der Waals surface area contributed by atoms with Gasteiger partial charge in [-0.1, -0.05) is 36.4 Å². The SMILES string of the molecule is OC(CNC(c1cccc(Oc2cccc(SC(F)(F)F)c2)c1)c1cccc(C(F)(F)C(F)(F)C(F)(F)F)c1)C(F)(F)F. The molecule has 3 nitrogen and oxygen atoms in total. The van der Waals surface area contributed by atoms with Gasteiger partial charge in [0.25, 0.3) is 0 Å². The molecule has 0 spiro atoms. The van der Waals surface area contributed by atoms with E-state index in [1.807, 2.05) is 0 Å². The standard InChI is InChI=1S/C26H18F13NO2S/c27-22(28,24(32,33)25(34,35)36)16-6-1-4-14(10-16)21(40-13-20(41)23(29,30)31)15-5-2-7-17(11-15)42-18-8-3-9-19(12-18)43-26(37,38)39/h1-12,20-21,40-41H,13H2. The van der Waals surface area contributed by atoms with Crippen LogP contribution in [0.25, 0.3) is 0 Å². The first-order valence-electron chi connectivity index (χ1n) is 11.7. The summed E-state index contributed by atoms with van der Waals surface area (Å²) in [6.45, 7) is -1.27. The molecule has 43 heavy (non-hydrogen) atoms. The first-order valence-corrected chi connectivity index (χ1v) is 12.5. The van der Waals surface area contributed by atoms with Crippen LogP contribution in [-0.4, -0.2) is 41.5 Å². The van der Waals surface area contributed by atoms with Crippen molar-refractivity contribution in [3.63, 3.8) is 0 Å². The molecule has 2 N–H and O–H groups in total. The molecule has 0 bridgehead atoms. The zero-order valence-electron chi connectivity index (χ0n) is 21.0. The average molecular weight is 655 g/mol. The van der Waals surface area contributed by atoms with Crippen molar-refractivity contribution in [2.45, 2.75) is 46.7 Å². The van der Waals surface area contributed by atoms with Crippen molar-refractivity contribution < 1.29 is 66.9 Å². The van der Waals surface area contributed by atoms with Crippen molar-refractivity contribution in [3.05, 3.63) is 89.5 Å². The highest BCUT2D eigenvalue weighted by Crippen LogP contribution is 2.52. The highest BCUT2D eigenvalue weighted by atomic mass is 32.2. The van der Waals surface area contributed by atoms with Gasteiger partial charge in [0, 0.05) is 17.0 Å². The van der Waals surface area contributed by atoms with E-state index in [1.54, 1.807) is 0 Å². The van der Waals surface area contributed by atoms with E-state index >= 15 is 0 Å². The van der Waals surface area contributed by atoms with Crippen molar-refractivity contribution in [3.8, 4) is 11.5 Å². The minimum Gasteiger partial charge on any atom is -0.457 e. The summed E-state index contributed by atoms with van der Waals surface area (Å²) in [5.41, 5.74) is -7.02. The van der Waals surface area contributed by atoms with E-state index in [0.29, 0.717) is 6.07 Å². The van der Waals surface area contributed by atoms with Crippen LogP contribution in [-0.2, 0) is 5.92 Å². The predicted molar refractivity (Wildman–Crippen MR) is 128 cm³/mol. The van der Waals surface area contributed by atoms with Crippen LogP contribution in [0.4, 0.5) is 57.1 Å². The van der Waals surface area contributed by atoms with Gasteiger partial charge in [-0.05, 0) is 59.3 Å². The third-order valence-corrected chi connectivity index (χ3v) is 6.41. The maximum atomic E-state index is 14.4. The summed E-state index contributed by atoms with van der Waals surface area (Å²) in [6.07, 6.45) is -14.8. The lowest BCUT2D eigenvalue weighted by Gasteiger charge is -2.29. The van der Waals surface area contributed by atoms with E-state index in [9.17, 15) is 62.2 Å². The quantitative estimate of drug-likeness (QED) is 0.169. The van der Waals surface area contributed by atoms with Crippen molar-refractivity contribution in [2.75, 3.05) is 6.54 Å². The maximum absolute atomic E-state index is 14.4. The van der Waals surface area contributed by atoms with Gasteiger partial charge in [-0.2, -0.15) is 57.1 Å². The summed E-state index contributed by atoms with van der Waals surface area (Å²) in [5.74, 6) is -12.5. The van der Waals surface area contributed by atoms with E-state index in [2.05, 4.69) is 5.32 Å². The van der Waals surface area contributed by atoms with Gasteiger partial charge < -0.3 is 15.2 Å². The smallest absolute Gasteiger partial charge is 0.457 e. The molecule has 0 aromatic heterocycles. The molecule has 0 saturated heterocycles. The van der Waals surface area contributed by atoms with Crippen LogP contribution in [0.15, 0.2) is 77.7 Å². The molecule has 0 amide bonds. The Balaban J connectivity index is 2.02. The van der Waals surface area contributed by atoms with Gasteiger partial charge in [0.1, 0.15) is 11.5 Å². The van der Waals surface area contributed by atoms with Crippen LogP contribution in [0.5, 0.6) is 11.5 Å². The maximum Gasteiger partial charge on any atom is 0.460 e. The first kappa shape index (κ1) is 34.3. The fourth-order valence-corrected chi connectivity index (χ4v) is 4.26. The lowest BCUT2D eigenvalue weighted by atomic mass is 9.93. The molecule has 0 radical (unpaired) electrons. The molecule has 0 aliphatic heterocycles. The third kappa shape index (κ3) is 8.47. The number of rotatable bonds is 10. The fraction of sp³-hybridized carbons (Fsp3) is 0.308. The van der Waals surface area contributed by atoms with Gasteiger partial charge >= 0.3 is 29.7 Å². The Morgan fingerprint density at radius 1 is 0.698 bits per heavy atom. The first-order chi connectivity index (χ1) is 19.6. The molecule has 0 fully saturated rings. The molecular formula is C26H18F13NO2S. The summed E-state index contributed by atoms with van der Waals surface area (Å²) >= 11 is -0.442. The Morgan fingerprint density at radius 2 is 1.23 bits per heavy atom. The van der Waals surface area contributed by atoms with E-state index in [-0.39, 0.29) is 34.1 Å². The molecule has 2 unspecified atom stereocenters. The Hall–Kier alpha value is -3.18. The van der Waals surface area contributed by atoms with E-state index < -0.39 is 71.3 Å². The second-order valence-corrected chi connectivity index (χ2v) is 10.0. The summed E-state index contributed by atoms with van der Waals surface area (Å²) in [5, 5.41) is 11.6. The molecule has 236 valence electrons. The summed E-state index contributed by atoms with van der Waals surface area (Å²) in [7, 11) is 0. The lowest BCUT2D eigenvalue weighted by Crippen LogP contribution is -2.50. The number of aliphatic hydroxyl groups is 1. The zero-order valence-corrected chi connectivity index (χ0v) is 21.8. The second-order valence-electron chi connectivity index (χ2n) is 8.87. The van der Waals surface area contributed by atoms with Crippen LogP contribution in [0, 0.1) is 0 Å². The summed E-state index contributed by atoms with van der Waals surface area (Å²) < 4.78 is 177. The van der Waals surface area contributed by atoms with Crippen molar-refractivity contribution >= 4 is 11.8 Å². The summed E-state index contributed by atoms with van der Waals surface area (Å²) in [4.78, 5) is -0.254. The fourth-order valence-electron chi connectivity index (χ4n) is 3.67. The van der Waals surface area contributed by atoms with E-state index in [0.717, 1.165) is 24.3 Å². The van der Waals surface area contributed by atoms with Crippen LogP contribution < -0.4 is 10.1 Å². The number of nitrogens with one attached hydrogen (secondary N) is 1. The lowest BCUT2D eigenvalue weighted by molar-refractivity contribution is -0.359. The molecule has 0 saturated carbocycles. The van der Waals surface area contributed by atoms with Crippen molar-refractivity contribution in [2.24, 2.45) is 0 Å². The molecule has 0 heterocycles. The van der Waals surface area contributed by atoms with Crippen molar-refractivity contribution in [1.29, 1.82) is 0 Å². The number of hydrogen-bond donors (Lipinski definition) is 2. The van der Waals surface area contributed by atoms with Crippen LogP contribution >= 0.6 is 11.8 Å². The largest absolute Gasteiger partial charge is 0.460 e. The number of alkyl halides is 13. The topological polar surface area (TPSA) is 41.5 Å². The monoisotopic (exact) mass is 655 g/mol. The van der Waals surface area contributed by atoms with E-state index in [4.69, 9.17) is 4.74 Å². The number of halogens is 13. The number of aliphatic hydroxyl groups excluding tert-OH is 1. The van der Waals surface area contributed by atoms with Gasteiger partial charge in [0.15, 0.2) is 6.10 Å². The number of thioether (sulfide) groups is 1.